The molecule has 0 spiro atoms. The summed E-state index contributed by atoms with van der Waals surface area (Å²) in [6, 6.07) is 17.8. The van der Waals surface area contributed by atoms with Gasteiger partial charge in [0.1, 0.15) is 5.82 Å². The fraction of sp³-hybridized carbons (Fsp3) is 0.231. The number of nitrogens with one attached hydrogen (secondary N) is 1. The second kappa shape index (κ2) is 8.86. The maximum Gasteiger partial charge on any atom is 0.261 e. The van der Waals surface area contributed by atoms with Gasteiger partial charge in [-0.15, -0.1) is 0 Å². The summed E-state index contributed by atoms with van der Waals surface area (Å²) in [6.07, 6.45) is 4.21. The molecule has 5 rings (SSSR count). The molecule has 3 aromatic rings. The van der Waals surface area contributed by atoms with Gasteiger partial charge in [0.15, 0.2) is 0 Å². The van der Waals surface area contributed by atoms with E-state index in [1.807, 2.05) is 12.1 Å². The summed E-state index contributed by atoms with van der Waals surface area (Å²) in [5.41, 5.74) is 3.10. The van der Waals surface area contributed by atoms with Gasteiger partial charge in [0.05, 0.1) is 17.7 Å². The van der Waals surface area contributed by atoms with Gasteiger partial charge in [-0.3, -0.25) is 19.3 Å². The number of fused-ring (bicyclic) bond motifs is 1. The molecule has 1 N–H and O–H groups in total. The van der Waals surface area contributed by atoms with Gasteiger partial charge in [0, 0.05) is 31.4 Å². The lowest BCUT2D eigenvalue weighted by atomic mass is 10.1. The van der Waals surface area contributed by atoms with Crippen molar-refractivity contribution < 1.29 is 14.4 Å². The van der Waals surface area contributed by atoms with E-state index >= 15 is 0 Å². The standard InChI is InChI=1S/C26H24N4O3/c31-24(28-16-19-9-12-23(27-15-19)29-13-3-4-14-29)20-10-7-18(8-11-20)17-30-25(32)21-5-1-2-6-22(21)26(30)33/h1-2,5-12,15H,3-4,13-14,16-17H2,(H,28,31). The molecule has 0 unspecified atom stereocenters. The van der Waals surface area contributed by atoms with Gasteiger partial charge in [-0.05, 0) is 54.3 Å². The summed E-state index contributed by atoms with van der Waals surface area (Å²) < 4.78 is 0. The lowest BCUT2D eigenvalue weighted by molar-refractivity contribution is 0.0641. The Hall–Kier alpha value is -4.00. The van der Waals surface area contributed by atoms with Crippen LogP contribution in [-0.4, -0.2) is 40.7 Å². The molecule has 1 saturated heterocycles. The van der Waals surface area contributed by atoms with E-state index in [0.717, 1.165) is 30.0 Å². The molecule has 0 saturated carbocycles. The van der Waals surface area contributed by atoms with Gasteiger partial charge < -0.3 is 10.2 Å². The van der Waals surface area contributed by atoms with Crippen LogP contribution in [0.15, 0.2) is 66.9 Å². The minimum Gasteiger partial charge on any atom is -0.357 e. The van der Waals surface area contributed by atoms with Crippen LogP contribution in [0.2, 0.25) is 0 Å². The van der Waals surface area contributed by atoms with E-state index in [9.17, 15) is 14.4 Å². The third kappa shape index (κ3) is 4.22. The minimum absolute atomic E-state index is 0.170. The summed E-state index contributed by atoms with van der Waals surface area (Å²) in [5, 5.41) is 2.91. The van der Waals surface area contributed by atoms with Crippen molar-refractivity contribution in [2.75, 3.05) is 18.0 Å². The van der Waals surface area contributed by atoms with Crippen LogP contribution in [0.25, 0.3) is 0 Å². The number of hydrogen-bond donors (Lipinski definition) is 1. The average molecular weight is 441 g/mol. The van der Waals surface area contributed by atoms with E-state index < -0.39 is 0 Å². The molecule has 3 amide bonds. The highest BCUT2D eigenvalue weighted by molar-refractivity contribution is 6.21. The van der Waals surface area contributed by atoms with Crippen LogP contribution in [0.5, 0.6) is 0 Å². The smallest absolute Gasteiger partial charge is 0.261 e. The zero-order chi connectivity index (χ0) is 22.8. The molecule has 2 aliphatic heterocycles. The molecule has 7 heteroatoms. The van der Waals surface area contributed by atoms with Crippen molar-refractivity contribution in [2.45, 2.75) is 25.9 Å². The van der Waals surface area contributed by atoms with Gasteiger partial charge in [-0.1, -0.05) is 30.3 Å². The number of benzene rings is 2. The molecular weight excluding hydrogens is 416 g/mol. The Bertz CT molecular complexity index is 1160. The molecule has 1 aromatic heterocycles. The Labute approximate surface area is 192 Å². The predicted molar refractivity (Wildman–Crippen MR) is 124 cm³/mol. The van der Waals surface area contributed by atoms with Crippen molar-refractivity contribution in [2.24, 2.45) is 0 Å². The highest BCUT2D eigenvalue weighted by Crippen LogP contribution is 2.24. The summed E-state index contributed by atoms with van der Waals surface area (Å²) in [4.78, 5) is 45.6. The van der Waals surface area contributed by atoms with Crippen LogP contribution in [0.3, 0.4) is 0 Å². The first-order chi connectivity index (χ1) is 16.1. The SMILES string of the molecule is O=C(NCc1ccc(N2CCCC2)nc1)c1ccc(CN2C(=O)c3ccccc3C2=O)cc1. The number of amides is 3. The normalized spacial score (nSPS) is 15.2. The van der Waals surface area contributed by atoms with E-state index in [0.29, 0.717) is 23.2 Å². The molecule has 1 fully saturated rings. The fourth-order valence-electron chi connectivity index (χ4n) is 4.27. The molecule has 0 bridgehead atoms. The van der Waals surface area contributed by atoms with Crippen molar-refractivity contribution in [3.05, 3.63) is 94.7 Å². The molecule has 0 atom stereocenters. The number of pyridine rings is 1. The van der Waals surface area contributed by atoms with Crippen molar-refractivity contribution in [3.8, 4) is 0 Å². The third-order valence-corrected chi connectivity index (χ3v) is 6.13. The Balaban J connectivity index is 1.17. The molecule has 2 aliphatic rings. The summed E-state index contributed by atoms with van der Waals surface area (Å²) >= 11 is 0. The van der Waals surface area contributed by atoms with E-state index in [-0.39, 0.29) is 24.3 Å². The van der Waals surface area contributed by atoms with Crippen molar-refractivity contribution >= 4 is 23.5 Å². The van der Waals surface area contributed by atoms with Crippen LogP contribution in [0, 0.1) is 0 Å². The number of anilines is 1. The Morgan fingerprint density at radius 3 is 2.09 bits per heavy atom. The number of rotatable bonds is 6. The van der Waals surface area contributed by atoms with Crippen LogP contribution in [0.1, 0.15) is 55.0 Å². The predicted octanol–water partition coefficient (Wildman–Crippen LogP) is 3.41. The first-order valence-corrected chi connectivity index (χ1v) is 11.1. The number of aromatic nitrogens is 1. The van der Waals surface area contributed by atoms with Gasteiger partial charge in [-0.2, -0.15) is 0 Å². The Morgan fingerprint density at radius 2 is 1.48 bits per heavy atom. The molecule has 3 heterocycles. The quantitative estimate of drug-likeness (QED) is 0.594. The van der Waals surface area contributed by atoms with Crippen LogP contribution < -0.4 is 10.2 Å². The van der Waals surface area contributed by atoms with Gasteiger partial charge in [0.2, 0.25) is 0 Å². The van der Waals surface area contributed by atoms with E-state index in [1.54, 1.807) is 54.7 Å². The minimum atomic E-state index is -0.290. The molecule has 2 aromatic carbocycles. The lowest BCUT2D eigenvalue weighted by Crippen LogP contribution is -2.29. The van der Waals surface area contributed by atoms with Gasteiger partial charge in [-0.25, -0.2) is 4.98 Å². The van der Waals surface area contributed by atoms with Gasteiger partial charge >= 0.3 is 0 Å². The van der Waals surface area contributed by atoms with Crippen LogP contribution in [0.4, 0.5) is 5.82 Å². The summed E-state index contributed by atoms with van der Waals surface area (Å²) in [6.45, 7) is 2.66. The summed E-state index contributed by atoms with van der Waals surface area (Å²) in [5.74, 6) is 0.214. The summed E-state index contributed by atoms with van der Waals surface area (Å²) in [7, 11) is 0. The average Bonchev–Trinajstić information content (AvgIpc) is 3.48. The maximum atomic E-state index is 12.5. The molecule has 7 nitrogen and oxygen atoms in total. The maximum absolute atomic E-state index is 12.5. The number of carbonyl (C=O) groups excluding carboxylic acids is 3. The third-order valence-electron chi connectivity index (χ3n) is 6.13. The molecular formula is C26H24N4O3. The van der Waals surface area contributed by atoms with E-state index in [1.165, 1.54) is 17.7 Å². The molecule has 33 heavy (non-hydrogen) atoms. The van der Waals surface area contributed by atoms with Crippen molar-refractivity contribution in [1.82, 2.24) is 15.2 Å². The van der Waals surface area contributed by atoms with E-state index in [4.69, 9.17) is 0 Å². The molecule has 166 valence electrons. The number of carbonyl (C=O) groups is 3. The first kappa shape index (κ1) is 20.9. The second-order valence-electron chi connectivity index (χ2n) is 8.34. The van der Waals surface area contributed by atoms with E-state index in [2.05, 4.69) is 15.2 Å². The number of imide groups is 1. The zero-order valence-corrected chi connectivity index (χ0v) is 18.2. The lowest BCUT2D eigenvalue weighted by Gasteiger charge is -2.16. The largest absolute Gasteiger partial charge is 0.357 e. The van der Waals surface area contributed by atoms with Crippen LogP contribution in [-0.2, 0) is 13.1 Å². The Morgan fingerprint density at radius 1 is 0.848 bits per heavy atom. The van der Waals surface area contributed by atoms with Crippen molar-refractivity contribution in [1.29, 1.82) is 0 Å². The first-order valence-electron chi connectivity index (χ1n) is 11.1. The highest BCUT2D eigenvalue weighted by Gasteiger charge is 2.34. The fourth-order valence-corrected chi connectivity index (χ4v) is 4.27. The topological polar surface area (TPSA) is 82.6 Å². The molecule has 0 radical (unpaired) electrons. The number of hydrogen-bond acceptors (Lipinski definition) is 5. The highest BCUT2D eigenvalue weighted by atomic mass is 16.2. The van der Waals surface area contributed by atoms with Gasteiger partial charge in [0.25, 0.3) is 17.7 Å². The zero-order valence-electron chi connectivity index (χ0n) is 18.2. The second-order valence-corrected chi connectivity index (χ2v) is 8.34. The number of nitrogens with zero attached hydrogens (tertiary/aromatic N) is 3. The Kier molecular flexibility index (Phi) is 5.60. The van der Waals surface area contributed by atoms with Crippen LogP contribution >= 0.6 is 0 Å². The van der Waals surface area contributed by atoms with Crippen molar-refractivity contribution in [3.63, 3.8) is 0 Å². The monoisotopic (exact) mass is 440 g/mol. The molecule has 0 aliphatic carbocycles.